The molecule has 1 unspecified atom stereocenters. The summed E-state index contributed by atoms with van der Waals surface area (Å²) in [5, 5.41) is 9.20. The lowest BCUT2D eigenvalue weighted by molar-refractivity contribution is 0.273. The fourth-order valence-corrected chi connectivity index (χ4v) is 2.36. The maximum Gasteiger partial charge on any atom is 0.133 e. The van der Waals surface area contributed by atoms with Gasteiger partial charge in [0.15, 0.2) is 0 Å². The van der Waals surface area contributed by atoms with Crippen molar-refractivity contribution in [2.24, 2.45) is 0 Å². The van der Waals surface area contributed by atoms with Crippen molar-refractivity contribution in [3.8, 4) is 11.5 Å². The van der Waals surface area contributed by atoms with E-state index < -0.39 is 0 Å². The summed E-state index contributed by atoms with van der Waals surface area (Å²) in [6, 6.07) is 10.7. The first-order chi connectivity index (χ1) is 9.19. The highest BCUT2D eigenvalue weighted by Crippen LogP contribution is 2.38. The van der Waals surface area contributed by atoms with Crippen molar-refractivity contribution in [3.05, 3.63) is 58.9 Å². The van der Waals surface area contributed by atoms with Crippen LogP contribution in [0.4, 0.5) is 4.39 Å². The Kier molecular flexibility index (Phi) is 2.99. The second-order valence-electron chi connectivity index (χ2n) is 4.95. The second-order valence-corrected chi connectivity index (χ2v) is 4.95. The average molecular weight is 258 g/mol. The molecule has 2 nitrogen and oxygen atoms in total. The highest BCUT2D eigenvalue weighted by Gasteiger charge is 2.20. The summed E-state index contributed by atoms with van der Waals surface area (Å²) in [5.74, 6) is 1.21. The summed E-state index contributed by atoms with van der Waals surface area (Å²) in [7, 11) is 0. The molecule has 0 saturated heterocycles. The minimum absolute atomic E-state index is 0.0762. The molecule has 0 saturated carbocycles. The van der Waals surface area contributed by atoms with E-state index in [4.69, 9.17) is 4.74 Å². The number of hydrogen-bond acceptors (Lipinski definition) is 2. The monoisotopic (exact) mass is 258 g/mol. The van der Waals surface area contributed by atoms with Crippen molar-refractivity contribution in [1.29, 1.82) is 0 Å². The van der Waals surface area contributed by atoms with Gasteiger partial charge in [0.25, 0.3) is 0 Å². The Morgan fingerprint density at radius 2 is 2.11 bits per heavy atom. The summed E-state index contributed by atoms with van der Waals surface area (Å²) >= 11 is 0. The molecule has 0 aromatic heterocycles. The molecule has 98 valence electrons. The molecule has 2 aromatic carbocycles. The van der Waals surface area contributed by atoms with Crippen molar-refractivity contribution >= 4 is 0 Å². The van der Waals surface area contributed by atoms with Crippen LogP contribution >= 0.6 is 0 Å². The predicted octanol–water partition coefficient (Wildman–Crippen LogP) is 3.62. The van der Waals surface area contributed by atoms with Crippen LogP contribution in [0.5, 0.6) is 11.5 Å². The molecule has 0 bridgehead atoms. The molecule has 1 aliphatic heterocycles. The van der Waals surface area contributed by atoms with Gasteiger partial charge in [-0.25, -0.2) is 4.39 Å². The highest BCUT2D eigenvalue weighted by atomic mass is 19.1. The van der Waals surface area contributed by atoms with Gasteiger partial charge in [0.2, 0.25) is 0 Å². The average Bonchev–Trinajstić information content (AvgIpc) is 2.44. The Balaban J connectivity index is 2.01. The van der Waals surface area contributed by atoms with Crippen LogP contribution in [0, 0.1) is 5.82 Å². The van der Waals surface area contributed by atoms with Crippen LogP contribution in [-0.4, -0.2) is 11.7 Å². The number of benzene rings is 2. The molecule has 0 spiro atoms. The lowest BCUT2D eigenvalue weighted by Crippen LogP contribution is -2.07. The lowest BCUT2D eigenvalue weighted by atomic mass is 9.94. The number of aliphatic hydroxyl groups excluding tert-OH is 1. The van der Waals surface area contributed by atoms with E-state index in [9.17, 15) is 9.50 Å². The first-order valence-corrected chi connectivity index (χ1v) is 6.38. The van der Waals surface area contributed by atoms with Crippen LogP contribution in [0.3, 0.4) is 0 Å². The zero-order valence-electron chi connectivity index (χ0n) is 10.7. The van der Waals surface area contributed by atoms with Crippen LogP contribution < -0.4 is 4.74 Å². The van der Waals surface area contributed by atoms with Crippen LogP contribution in [0.15, 0.2) is 36.4 Å². The zero-order valence-corrected chi connectivity index (χ0v) is 10.7. The van der Waals surface area contributed by atoms with Gasteiger partial charge in [-0.1, -0.05) is 25.1 Å². The van der Waals surface area contributed by atoms with Gasteiger partial charge in [0.1, 0.15) is 17.3 Å². The Morgan fingerprint density at radius 1 is 1.26 bits per heavy atom. The van der Waals surface area contributed by atoms with E-state index in [1.165, 1.54) is 6.07 Å². The van der Waals surface area contributed by atoms with Crippen LogP contribution in [0.25, 0.3) is 0 Å². The molecular formula is C16H15FO2. The molecule has 3 rings (SSSR count). The number of rotatable bonds is 2. The number of hydrogen-bond donors (Lipinski definition) is 1. The Labute approximate surface area is 111 Å². The molecule has 3 heteroatoms. The Morgan fingerprint density at radius 3 is 2.89 bits per heavy atom. The third-order valence-corrected chi connectivity index (χ3v) is 3.59. The molecule has 1 N–H and O–H groups in total. The van der Waals surface area contributed by atoms with Gasteiger partial charge in [-0.05, 0) is 29.3 Å². The van der Waals surface area contributed by atoms with Gasteiger partial charge in [0.05, 0.1) is 0 Å². The predicted molar refractivity (Wildman–Crippen MR) is 71.2 cm³/mol. The van der Waals surface area contributed by atoms with Crippen molar-refractivity contribution in [2.45, 2.75) is 19.3 Å². The van der Waals surface area contributed by atoms with Crippen molar-refractivity contribution in [3.63, 3.8) is 0 Å². The van der Waals surface area contributed by atoms with Crippen molar-refractivity contribution in [1.82, 2.24) is 0 Å². The second kappa shape index (κ2) is 4.67. The number of ether oxygens (including phenoxy) is 1. The smallest absolute Gasteiger partial charge is 0.133 e. The third kappa shape index (κ3) is 2.10. The van der Waals surface area contributed by atoms with Gasteiger partial charge in [0, 0.05) is 24.5 Å². The van der Waals surface area contributed by atoms with Gasteiger partial charge in [-0.15, -0.1) is 0 Å². The maximum absolute atomic E-state index is 13.8. The summed E-state index contributed by atoms with van der Waals surface area (Å²) in [5.41, 5.74) is 2.61. The summed E-state index contributed by atoms with van der Waals surface area (Å²) in [6.45, 7) is 2.06. The maximum atomic E-state index is 13.8. The zero-order chi connectivity index (χ0) is 13.4. The van der Waals surface area contributed by atoms with Crippen LogP contribution in [-0.2, 0) is 6.42 Å². The van der Waals surface area contributed by atoms with E-state index in [0.29, 0.717) is 17.7 Å². The van der Waals surface area contributed by atoms with Gasteiger partial charge >= 0.3 is 0 Å². The highest BCUT2D eigenvalue weighted by molar-refractivity contribution is 5.51. The van der Waals surface area contributed by atoms with Crippen molar-refractivity contribution < 1.29 is 14.2 Å². The minimum atomic E-state index is -0.233. The molecule has 0 fully saturated rings. The van der Waals surface area contributed by atoms with Crippen LogP contribution in [0.2, 0.25) is 0 Å². The molecular weight excluding hydrogens is 243 g/mol. The molecule has 2 aromatic rings. The van der Waals surface area contributed by atoms with E-state index in [-0.39, 0.29) is 18.3 Å². The van der Waals surface area contributed by atoms with Crippen molar-refractivity contribution in [2.75, 3.05) is 6.61 Å². The van der Waals surface area contributed by atoms with Gasteiger partial charge in [-0.3, -0.25) is 0 Å². The lowest BCUT2D eigenvalue weighted by Gasteiger charge is -2.22. The minimum Gasteiger partial charge on any atom is -0.457 e. The van der Waals surface area contributed by atoms with E-state index in [1.54, 1.807) is 12.1 Å². The number of halogens is 1. The van der Waals surface area contributed by atoms with Gasteiger partial charge < -0.3 is 9.84 Å². The molecule has 0 radical (unpaired) electrons. The van der Waals surface area contributed by atoms with E-state index in [0.717, 1.165) is 16.9 Å². The Bertz CT molecular complexity index is 622. The molecule has 1 aliphatic rings. The summed E-state index contributed by atoms with van der Waals surface area (Å²) < 4.78 is 19.5. The quantitative estimate of drug-likeness (QED) is 0.760. The van der Waals surface area contributed by atoms with Crippen LogP contribution in [0.1, 0.15) is 29.5 Å². The largest absolute Gasteiger partial charge is 0.457 e. The molecule has 0 amide bonds. The number of aliphatic hydroxyl groups is 1. The molecule has 0 aliphatic carbocycles. The fraction of sp³-hybridized carbons (Fsp3) is 0.250. The van der Waals surface area contributed by atoms with E-state index >= 15 is 0 Å². The summed E-state index contributed by atoms with van der Waals surface area (Å²) in [4.78, 5) is 0. The number of fused-ring (bicyclic) bond motifs is 2. The summed E-state index contributed by atoms with van der Waals surface area (Å²) in [6.07, 6.45) is 0.531. The first-order valence-electron chi connectivity index (χ1n) is 6.38. The Hall–Kier alpha value is -1.87. The third-order valence-electron chi connectivity index (χ3n) is 3.59. The normalized spacial score (nSPS) is 14.3. The SMILES string of the molecule is CC(CO)c1ccc2c(c1)Cc1c(F)cccc1O2. The standard InChI is InChI=1S/C16H15FO2/c1-10(9-18)11-5-6-15-12(7-11)8-13-14(17)3-2-4-16(13)19-15/h2-7,10,18H,8-9H2,1H3. The van der Waals surface area contributed by atoms with E-state index in [1.807, 2.05) is 25.1 Å². The van der Waals surface area contributed by atoms with E-state index in [2.05, 4.69) is 0 Å². The molecule has 1 atom stereocenters. The molecule has 19 heavy (non-hydrogen) atoms. The first kappa shape index (κ1) is 12.2. The molecule has 1 heterocycles. The topological polar surface area (TPSA) is 29.5 Å². The van der Waals surface area contributed by atoms with Gasteiger partial charge in [-0.2, -0.15) is 0 Å². The fourth-order valence-electron chi connectivity index (χ4n) is 2.36.